The van der Waals surface area contributed by atoms with E-state index >= 15 is 0 Å². The summed E-state index contributed by atoms with van der Waals surface area (Å²) in [7, 11) is 0. The van der Waals surface area contributed by atoms with Gasteiger partial charge in [-0.1, -0.05) is 0 Å². The summed E-state index contributed by atoms with van der Waals surface area (Å²) < 4.78 is 0. The lowest BCUT2D eigenvalue weighted by molar-refractivity contribution is -0.205. The number of carbonyl (C=O) groups is 3. The quantitative estimate of drug-likeness (QED) is 0.383. The van der Waals surface area contributed by atoms with Crippen molar-refractivity contribution in [3.63, 3.8) is 0 Å². The second-order valence-corrected chi connectivity index (χ2v) is 4.02. The third-order valence-electron chi connectivity index (χ3n) is 2.67. The first kappa shape index (κ1) is 13.3. The van der Waals surface area contributed by atoms with Crippen LogP contribution in [0.4, 0.5) is 0 Å². The largest absolute Gasteiger partial charge is 0.370 e. The van der Waals surface area contributed by atoms with Crippen LogP contribution in [0.5, 0.6) is 0 Å². The summed E-state index contributed by atoms with van der Waals surface area (Å²) in [5.74, 6) is -2.89. The molecule has 3 atom stereocenters. The molecule has 0 fully saturated rings. The first-order valence-corrected chi connectivity index (χ1v) is 5.25. The first-order valence-electron chi connectivity index (χ1n) is 5.25. The summed E-state index contributed by atoms with van der Waals surface area (Å²) >= 11 is 0. The van der Waals surface area contributed by atoms with Crippen molar-refractivity contribution in [1.29, 1.82) is 0 Å². The fourth-order valence-electron chi connectivity index (χ4n) is 1.75. The molecule has 0 saturated heterocycles. The molecule has 2 aliphatic heterocycles. The number of aliphatic imine (C=N–C) groups is 2. The van der Waals surface area contributed by atoms with Gasteiger partial charge in [0.05, 0.1) is 0 Å². The molecular weight excluding hydrogens is 258 g/mol. The highest BCUT2D eigenvalue weighted by molar-refractivity contribution is 6.65. The minimum Gasteiger partial charge on any atom is -0.370 e. The minimum atomic E-state index is -1.85. The van der Waals surface area contributed by atoms with Crippen LogP contribution >= 0.6 is 0 Å². The molecule has 5 N–H and O–H groups in total. The maximum absolute atomic E-state index is 11.6. The molecule has 10 nitrogen and oxygen atoms in total. The van der Waals surface area contributed by atoms with E-state index in [-0.39, 0.29) is 11.0 Å². The molecule has 0 aromatic rings. The van der Waals surface area contributed by atoms with Crippen molar-refractivity contribution in [2.45, 2.75) is 25.4 Å². The predicted molar refractivity (Wildman–Crippen MR) is 60.1 cm³/mol. The Kier molecular flexibility index (Phi) is 3.14. The number of aliphatic hydroxyl groups is 1. The van der Waals surface area contributed by atoms with Gasteiger partial charge in [-0.15, -0.1) is 5.06 Å². The Morgan fingerprint density at radius 3 is 2.63 bits per heavy atom. The number of guanidine groups is 1. The van der Waals surface area contributed by atoms with Crippen LogP contribution in [0.1, 0.15) is 6.92 Å². The monoisotopic (exact) mass is 269 g/mol. The number of hydrogen-bond acceptors (Lipinski definition) is 9. The maximum atomic E-state index is 11.6. The molecule has 0 saturated carbocycles. The Hall–Kier alpha value is -2.17. The highest BCUT2D eigenvalue weighted by Crippen LogP contribution is 2.20. The normalized spacial score (nSPS) is 30.9. The number of Topliss-reactive ketones (excluding diaryl/α,β-unsaturated/α-hetero) is 2. The topological polar surface area (TPSA) is 158 Å². The van der Waals surface area contributed by atoms with E-state index in [2.05, 4.69) is 15.3 Å². The van der Waals surface area contributed by atoms with Gasteiger partial charge >= 0.3 is 0 Å². The number of carbonyl (C=O) groups excluding carboxylic acids is 3. The van der Waals surface area contributed by atoms with Crippen molar-refractivity contribution in [3.05, 3.63) is 0 Å². The van der Waals surface area contributed by atoms with E-state index in [0.29, 0.717) is 0 Å². The number of amides is 1. The second kappa shape index (κ2) is 4.50. The summed E-state index contributed by atoms with van der Waals surface area (Å²) in [6.07, 6.45) is -3.09. The molecule has 2 rings (SSSR count). The number of ketones is 2. The van der Waals surface area contributed by atoms with E-state index in [1.54, 1.807) is 0 Å². The summed E-state index contributed by atoms with van der Waals surface area (Å²) in [5, 5.41) is 21.8. The Labute approximate surface area is 106 Å². The molecule has 19 heavy (non-hydrogen) atoms. The lowest BCUT2D eigenvalue weighted by Crippen LogP contribution is -2.63. The Morgan fingerprint density at radius 2 is 2.05 bits per heavy atom. The van der Waals surface area contributed by atoms with Gasteiger partial charge in [-0.25, -0.2) is 4.99 Å². The van der Waals surface area contributed by atoms with E-state index in [1.165, 1.54) is 0 Å². The molecule has 0 aromatic heterocycles. The maximum Gasteiger partial charge on any atom is 0.255 e. The van der Waals surface area contributed by atoms with Crippen molar-refractivity contribution in [3.8, 4) is 0 Å². The van der Waals surface area contributed by atoms with Crippen LogP contribution < -0.4 is 11.1 Å². The van der Waals surface area contributed by atoms with Crippen molar-refractivity contribution < 1.29 is 24.7 Å². The molecule has 2 heterocycles. The molecule has 102 valence electrons. The SMILES string of the molecule is CC(=O)C(=O)C1=NC2C(=O)NC(N)=NC2N(O)C1O. The van der Waals surface area contributed by atoms with Crippen LogP contribution in [-0.4, -0.2) is 63.0 Å². The molecule has 2 aliphatic rings. The Balaban J connectivity index is 2.45. The fourth-order valence-corrected chi connectivity index (χ4v) is 1.75. The van der Waals surface area contributed by atoms with Crippen LogP contribution in [0, 0.1) is 0 Å². The third-order valence-corrected chi connectivity index (χ3v) is 2.67. The molecule has 3 unspecified atom stereocenters. The van der Waals surface area contributed by atoms with Crippen LogP contribution in [0.3, 0.4) is 0 Å². The summed E-state index contributed by atoms with van der Waals surface area (Å²) in [6, 6.07) is -1.26. The Morgan fingerprint density at radius 1 is 1.42 bits per heavy atom. The van der Waals surface area contributed by atoms with Gasteiger partial charge in [-0.3, -0.25) is 24.7 Å². The number of hydroxylamine groups is 2. The minimum absolute atomic E-state index is 0.242. The highest BCUT2D eigenvalue weighted by Gasteiger charge is 2.46. The summed E-state index contributed by atoms with van der Waals surface area (Å²) in [5.41, 5.74) is 4.70. The molecule has 0 bridgehead atoms. The number of hydrogen-bond donors (Lipinski definition) is 4. The van der Waals surface area contributed by atoms with Gasteiger partial charge in [0.25, 0.3) is 5.91 Å². The summed E-state index contributed by atoms with van der Waals surface area (Å²) in [4.78, 5) is 41.6. The van der Waals surface area contributed by atoms with Crippen molar-refractivity contribution in [2.75, 3.05) is 0 Å². The molecule has 1 amide bonds. The van der Waals surface area contributed by atoms with Gasteiger partial charge < -0.3 is 16.0 Å². The molecule has 0 aromatic carbocycles. The molecule has 0 radical (unpaired) electrons. The second-order valence-electron chi connectivity index (χ2n) is 4.02. The van der Waals surface area contributed by atoms with Gasteiger partial charge in [0.2, 0.25) is 11.6 Å². The number of aliphatic hydroxyl groups excluding tert-OH is 1. The number of nitrogens with one attached hydrogen (secondary N) is 1. The molecular formula is C9H11N5O5. The zero-order chi connectivity index (χ0) is 14.3. The van der Waals surface area contributed by atoms with Crippen molar-refractivity contribution in [1.82, 2.24) is 10.4 Å². The first-order chi connectivity index (χ1) is 8.82. The highest BCUT2D eigenvalue weighted by atomic mass is 16.5. The number of fused-ring (bicyclic) bond motifs is 1. The fraction of sp³-hybridized carbons (Fsp3) is 0.444. The van der Waals surface area contributed by atoms with Gasteiger partial charge in [-0.05, 0) is 0 Å². The van der Waals surface area contributed by atoms with Gasteiger partial charge in [-0.2, -0.15) is 0 Å². The average Bonchev–Trinajstić information content (AvgIpc) is 2.33. The van der Waals surface area contributed by atoms with Gasteiger partial charge in [0.15, 0.2) is 24.4 Å². The predicted octanol–water partition coefficient (Wildman–Crippen LogP) is -3.25. The van der Waals surface area contributed by atoms with E-state index in [9.17, 15) is 24.7 Å². The lowest BCUT2D eigenvalue weighted by Gasteiger charge is -2.37. The van der Waals surface area contributed by atoms with E-state index in [0.717, 1.165) is 6.92 Å². The Bertz CT molecular complexity index is 527. The number of rotatable bonds is 2. The number of nitrogens with two attached hydrogens (primary N) is 1. The van der Waals surface area contributed by atoms with Crippen molar-refractivity contribution >= 4 is 29.1 Å². The van der Waals surface area contributed by atoms with Gasteiger partial charge in [0, 0.05) is 6.92 Å². The van der Waals surface area contributed by atoms with E-state index in [1.807, 2.05) is 0 Å². The average molecular weight is 269 g/mol. The molecule has 10 heteroatoms. The molecule has 0 spiro atoms. The third kappa shape index (κ3) is 2.12. The van der Waals surface area contributed by atoms with Gasteiger partial charge in [0.1, 0.15) is 5.71 Å². The zero-order valence-electron chi connectivity index (χ0n) is 9.77. The van der Waals surface area contributed by atoms with Crippen LogP contribution in [0.15, 0.2) is 9.98 Å². The lowest BCUT2D eigenvalue weighted by atomic mass is 10.0. The number of nitrogens with zero attached hydrogens (tertiary/aromatic N) is 3. The summed E-state index contributed by atoms with van der Waals surface area (Å²) in [6.45, 7) is 0.989. The zero-order valence-corrected chi connectivity index (χ0v) is 9.77. The van der Waals surface area contributed by atoms with E-state index in [4.69, 9.17) is 5.73 Å². The molecule has 0 aliphatic carbocycles. The van der Waals surface area contributed by atoms with E-state index < -0.39 is 41.6 Å². The van der Waals surface area contributed by atoms with Crippen molar-refractivity contribution in [2.24, 2.45) is 15.7 Å². The van der Waals surface area contributed by atoms with Crippen LogP contribution in [0.2, 0.25) is 0 Å². The van der Waals surface area contributed by atoms with Crippen LogP contribution in [0.25, 0.3) is 0 Å². The van der Waals surface area contributed by atoms with Crippen LogP contribution in [-0.2, 0) is 14.4 Å². The smallest absolute Gasteiger partial charge is 0.255 e. The standard InChI is InChI=1S/C9H11N5O5/c1-2(15)5(16)3-8(18)14(19)6-4(11-3)7(17)13-9(10)12-6/h4,6,8,18-19H,1H3,(H3,10,12,13,17).